The van der Waals surface area contributed by atoms with Crippen molar-refractivity contribution in [2.75, 3.05) is 18.9 Å². The van der Waals surface area contributed by atoms with Crippen LogP contribution in [0.1, 0.15) is 39.2 Å². The van der Waals surface area contributed by atoms with Crippen LogP contribution in [0.25, 0.3) is 11.2 Å². The second-order valence-electron chi connectivity index (χ2n) is 6.82. The molecule has 0 spiro atoms. The predicted molar refractivity (Wildman–Crippen MR) is 101 cm³/mol. The molecule has 2 aromatic rings. The quantitative estimate of drug-likeness (QED) is 0.643. The van der Waals surface area contributed by atoms with Crippen molar-refractivity contribution >= 4 is 24.6 Å². The van der Waals surface area contributed by atoms with E-state index in [1.54, 1.807) is 18.4 Å². The van der Waals surface area contributed by atoms with Gasteiger partial charge in [-0.05, 0) is 33.1 Å². The highest BCUT2D eigenvalue weighted by Crippen LogP contribution is 2.58. The smallest absolute Gasteiger partial charge is 0.382 e. The van der Waals surface area contributed by atoms with Crippen LogP contribution in [0.15, 0.2) is 24.5 Å². The summed E-state index contributed by atoms with van der Waals surface area (Å²) < 4.78 is 66.6. The molecule has 0 saturated heterocycles. The zero-order chi connectivity index (χ0) is 21.3. The van der Waals surface area contributed by atoms with Crippen LogP contribution in [0, 0.1) is 5.41 Å². The molecule has 1 aliphatic carbocycles. The maximum absolute atomic E-state index is 14.1. The van der Waals surface area contributed by atoms with Crippen molar-refractivity contribution in [3.8, 4) is 0 Å². The summed E-state index contributed by atoms with van der Waals surface area (Å²) in [6.45, 7) is 3.32. The molecule has 12 heteroatoms. The van der Waals surface area contributed by atoms with Crippen molar-refractivity contribution in [3.63, 3.8) is 0 Å². The summed E-state index contributed by atoms with van der Waals surface area (Å²) in [6, 6.07) is -0.501. The molecular weight excluding hydrogens is 410 g/mol. The number of allylic oxidation sites excluding steroid dienone is 1. The number of anilines is 1. The van der Waals surface area contributed by atoms with Crippen LogP contribution in [-0.4, -0.2) is 38.9 Å². The van der Waals surface area contributed by atoms with Crippen molar-refractivity contribution < 1.29 is 26.8 Å². The SMILES string of the molecule is CCOP(=O)(/C=C/[C@]1(C(F)(F)F)CC[C@H](n2cnc3c(N)ncnc32)C1)OCC. The van der Waals surface area contributed by atoms with Gasteiger partial charge in [-0.15, -0.1) is 0 Å². The topological polar surface area (TPSA) is 105 Å². The Hall–Kier alpha value is -1.97. The van der Waals surface area contributed by atoms with Gasteiger partial charge in [0.05, 0.1) is 25.0 Å². The van der Waals surface area contributed by atoms with E-state index in [9.17, 15) is 17.7 Å². The molecule has 0 aromatic carbocycles. The van der Waals surface area contributed by atoms with Gasteiger partial charge in [0, 0.05) is 11.9 Å². The summed E-state index contributed by atoms with van der Waals surface area (Å²) in [7, 11) is -3.75. The molecule has 0 radical (unpaired) electrons. The highest BCUT2D eigenvalue weighted by molar-refractivity contribution is 7.57. The Morgan fingerprint density at radius 2 is 2.00 bits per heavy atom. The third-order valence-corrected chi connectivity index (χ3v) is 6.81. The number of rotatable bonds is 7. The molecular formula is C17H23F3N5O3P. The second kappa shape index (κ2) is 8.04. The molecule has 0 aliphatic heterocycles. The lowest BCUT2D eigenvalue weighted by atomic mass is 9.85. The first-order valence-corrected chi connectivity index (χ1v) is 10.8. The number of hydrogen-bond acceptors (Lipinski definition) is 7. The summed E-state index contributed by atoms with van der Waals surface area (Å²) in [6.07, 6.45) is -1.08. The Kier molecular flexibility index (Phi) is 6.03. The van der Waals surface area contributed by atoms with Gasteiger partial charge in [-0.2, -0.15) is 13.2 Å². The zero-order valence-corrected chi connectivity index (χ0v) is 17.0. The van der Waals surface area contributed by atoms with E-state index in [2.05, 4.69) is 15.0 Å². The molecule has 0 unspecified atom stereocenters. The number of halogens is 3. The van der Waals surface area contributed by atoms with Crippen molar-refractivity contribution in [2.24, 2.45) is 5.41 Å². The Labute approximate surface area is 165 Å². The van der Waals surface area contributed by atoms with Gasteiger partial charge < -0.3 is 19.3 Å². The van der Waals surface area contributed by atoms with Crippen LogP contribution in [0.4, 0.5) is 19.0 Å². The summed E-state index contributed by atoms with van der Waals surface area (Å²) in [5.41, 5.74) is 4.35. The predicted octanol–water partition coefficient (Wildman–Crippen LogP) is 4.46. The number of nitrogens with zero attached hydrogens (tertiary/aromatic N) is 4. The Morgan fingerprint density at radius 3 is 2.62 bits per heavy atom. The molecule has 2 atom stereocenters. The third-order valence-electron chi connectivity index (χ3n) is 5.06. The maximum Gasteiger partial charge on any atom is 0.397 e. The Bertz CT molecular complexity index is 938. The van der Waals surface area contributed by atoms with Crippen LogP contribution in [0.3, 0.4) is 0 Å². The fraction of sp³-hybridized carbons (Fsp3) is 0.588. The largest absolute Gasteiger partial charge is 0.397 e. The molecule has 2 heterocycles. The van der Waals surface area contributed by atoms with Gasteiger partial charge in [0.2, 0.25) is 0 Å². The monoisotopic (exact) mass is 433 g/mol. The first-order valence-electron chi connectivity index (χ1n) is 9.23. The average molecular weight is 433 g/mol. The van der Waals surface area contributed by atoms with E-state index >= 15 is 0 Å². The van der Waals surface area contributed by atoms with Gasteiger partial charge in [-0.25, -0.2) is 15.0 Å². The van der Waals surface area contributed by atoms with E-state index in [1.807, 2.05) is 0 Å². The summed E-state index contributed by atoms with van der Waals surface area (Å²) >= 11 is 0. The minimum atomic E-state index is -4.54. The molecule has 0 amide bonds. The number of imidazole rings is 1. The number of hydrogen-bond donors (Lipinski definition) is 1. The molecule has 29 heavy (non-hydrogen) atoms. The van der Waals surface area contributed by atoms with E-state index in [-0.39, 0.29) is 38.3 Å². The number of nitrogen functional groups attached to an aromatic ring is 1. The van der Waals surface area contributed by atoms with Crippen LogP contribution in [0.5, 0.6) is 0 Å². The Morgan fingerprint density at radius 1 is 1.31 bits per heavy atom. The number of fused-ring (bicyclic) bond motifs is 1. The second-order valence-corrected chi connectivity index (χ2v) is 8.72. The van der Waals surface area contributed by atoms with Gasteiger partial charge in [0.15, 0.2) is 11.5 Å². The lowest BCUT2D eigenvalue weighted by Gasteiger charge is -2.29. The first-order chi connectivity index (χ1) is 13.6. The fourth-order valence-electron chi connectivity index (χ4n) is 3.64. The lowest BCUT2D eigenvalue weighted by Crippen LogP contribution is -2.34. The van der Waals surface area contributed by atoms with Crippen molar-refractivity contribution in [3.05, 3.63) is 24.5 Å². The van der Waals surface area contributed by atoms with Gasteiger partial charge >= 0.3 is 13.8 Å². The number of nitrogens with two attached hydrogens (primary N) is 1. The van der Waals surface area contributed by atoms with Crippen molar-refractivity contribution in [1.82, 2.24) is 19.5 Å². The van der Waals surface area contributed by atoms with E-state index < -0.39 is 25.2 Å². The molecule has 0 bridgehead atoms. The zero-order valence-electron chi connectivity index (χ0n) is 16.1. The molecule has 3 rings (SSSR count). The van der Waals surface area contributed by atoms with Crippen LogP contribution in [0.2, 0.25) is 0 Å². The molecule has 1 fully saturated rings. The van der Waals surface area contributed by atoms with Gasteiger partial charge in [0.1, 0.15) is 11.8 Å². The number of aromatic nitrogens is 4. The van der Waals surface area contributed by atoms with E-state index in [0.29, 0.717) is 11.2 Å². The summed E-state index contributed by atoms with van der Waals surface area (Å²) in [4.78, 5) is 12.1. The minimum Gasteiger partial charge on any atom is -0.382 e. The van der Waals surface area contributed by atoms with Crippen molar-refractivity contribution in [2.45, 2.75) is 45.3 Å². The van der Waals surface area contributed by atoms with Gasteiger partial charge in [-0.3, -0.25) is 4.57 Å². The third kappa shape index (κ3) is 4.17. The number of alkyl halides is 3. The highest BCUT2D eigenvalue weighted by Gasteiger charge is 2.57. The molecule has 2 N–H and O–H groups in total. The average Bonchev–Trinajstić information content (AvgIpc) is 3.26. The lowest BCUT2D eigenvalue weighted by molar-refractivity contribution is -0.204. The summed E-state index contributed by atoms with van der Waals surface area (Å²) in [5, 5.41) is 0. The molecule has 160 valence electrons. The highest BCUT2D eigenvalue weighted by atomic mass is 31.2. The van der Waals surface area contributed by atoms with E-state index in [4.69, 9.17) is 14.8 Å². The van der Waals surface area contributed by atoms with E-state index in [1.165, 1.54) is 12.7 Å². The fourth-order valence-corrected chi connectivity index (χ4v) is 5.08. The van der Waals surface area contributed by atoms with E-state index in [0.717, 1.165) is 11.9 Å². The molecule has 2 aromatic heterocycles. The van der Waals surface area contributed by atoms with Gasteiger partial charge in [0.25, 0.3) is 0 Å². The standard InChI is InChI=1S/C17H23F3N5O3P/c1-3-27-29(26,28-4-2)8-7-16(17(18,19)20)6-5-12(9-16)25-11-24-13-14(21)22-10-23-15(13)25/h7-8,10-12H,3-6,9H2,1-2H3,(H2,21,22,23)/b8-7+/t12-,16+/m0/s1. The maximum atomic E-state index is 14.1. The Balaban J connectivity index is 1.94. The first kappa shape index (κ1) is 21.7. The minimum absolute atomic E-state index is 0.0609. The van der Waals surface area contributed by atoms with Crippen LogP contribution < -0.4 is 5.73 Å². The molecule has 8 nitrogen and oxygen atoms in total. The van der Waals surface area contributed by atoms with Crippen LogP contribution >= 0.6 is 7.60 Å². The molecule has 1 saturated carbocycles. The van der Waals surface area contributed by atoms with Crippen molar-refractivity contribution in [1.29, 1.82) is 0 Å². The van der Waals surface area contributed by atoms with Crippen LogP contribution in [-0.2, 0) is 13.6 Å². The summed E-state index contributed by atoms with van der Waals surface area (Å²) in [5.74, 6) is 1.12. The normalized spacial score (nSPS) is 23.4. The van der Waals surface area contributed by atoms with Gasteiger partial charge in [-0.1, -0.05) is 6.08 Å². The molecule has 1 aliphatic rings.